The van der Waals surface area contributed by atoms with Gasteiger partial charge in [-0.15, -0.1) is 0 Å². The molecule has 3 aromatic rings. The number of pyridine rings is 1. The zero-order chi connectivity index (χ0) is 20.8. The number of hydrogen-bond donors (Lipinski definition) is 1. The van der Waals surface area contributed by atoms with Crippen LogP contribution in [0.2, 0.25) is 0 Å². The predicted octanol–water partition coefficient (Wildman–Crippen LogP) is 4.82. The Balaban J connectivity index is 1.75. The van der Waals surface area contributed by atoms with E-state index in [4.69, 9.17) is 9.47 Å². The minimum absolute atomic E-state index is 0.266. The summed E-state index contributed by atoms with van der Waals surface area (Å²) in [6.45, 7) is 4.97. The number of ether oxygens (including phenoxy) is 2. The van der Waals surface area contributed by atoms with Crippen LogP contribution in [0.4, 0.5) is 17.2 Å². The Morgan fingerprint density at radius 3 is 2.41 bits per heavy atom. The number of carbonyl (C=O) groups is 1. The Labute approximate surface area is 171 Å². The molecule has 0 aliphatic heterocycles. The Morgan fingerprint density at radius 1 is 1.00 bits per heavy atom. The summed E-state index contributed by atoms with van der Waals surface area (Å²) in [7, 11) is 3.09. The first-order valence-corrected chi connectivity index (χ1v) is 9.39. The Morgan fingerprint density at radius 2 is 1.79 bits per heavy atom. The van der Waals surface area contributed by atoms with Gasteiger partial charge in [0.1, 0.15) is 5.82 Å². The SMILES string of the molecule is CCN(c1ccc(NC(=O)c2ccc(OC)c(OC)c2)nc1)c1cccc(C)c1. The fourth-order valence-corrected chi connectivity index (χ4v) is 3.10. The maximum atomic E-state index is 12.6. The molecule has 2 aromatic carbocycles. The van der Waals surface area contributed by atoms with Gasteiger partial charge in [0.05, 0.1) is 26.1 Å². The summed E-state index contributed by atoms with van der Waals surface area (Å²) in [5, 5.41) is 2.82. The van der Waals surface area contributed by atoms with Crippen molar-refractivity contribution in [3.8, 4) is 11.5 Å². The van der Waals surface area contributed by atoms with Gasteiger partial charge in [0.15, 0.2) is 11.5 Å². The second-order valence-electron chi connectivity index (χ2n) is 6.51. The quantitative estimate of drug-likeness (QED) is 0.626. The first kappa shape index (κ1) is 20.2. The molecule has 0 unspecified atom stereocenters. The molecule has 150 valence electrons. The molecule has 6 nitrogen and oxygen atoms in total. The van der Waals surface area contributed by atoms with Crippen LogP contribution < -0.4 is 19.7 Å². The van der Waals surface area contributed by atoms with Crippen molar-refractivity contribution in [3.63, 3.8) is 0 Å². The monoisotopic (exact) mass is 391 g/mol. The number of methoxy groups -OCH3 is 2. The number of aromatic nitrogens is 1. The van der Waals surface area contributed by atoms with Crippen molar-refractivity contribution in [2.45, 2.75) is 13.8 Å². The van der Waals surface area contributed by atoms with Gasteiger partial charge in [-0.05, 0) is 61.9 Å². The van der Waals surface area contributed by atoms with Crippen molar-refractivity contribution in [2.24, 2.45) is 0 Å². The number of amides is 1. The molecule has 1 heterocycles. The zero-order valence-corrected chi connectivity index (χ0v) is 17.1. The summed E-state index contributed by atoms with van der Waals surface area (Å²) >= 11 is 0. The van der Waals surface area contributed by atoms with Gasteiger partial charge in [-0.2, -0.15) is 0 Å². The maximum absolute atomic E-state index is 12.6. The number of rotatable bonds is 7. The average Bonchev–Trinajstić information content (AvgIpc) is 2.75. The average molecular weight is 391 g/mol. The second-order valence-corrected chi connectivity index (χ2v) is 6.51. The topological polar surface area (TPSA) is 63.7 Å². The summed E-state index contributed by atoms with van der Waals surface area (Å²) in [4.78, 5) is 19.1. The molecule has 1 aromatic heterocycles. The first-order chi connectivity index (χ1) is 14.0. The number of nitrogens with one attached hydrogen (secondary N) is 1. The third-order valence-corrected chi connectivity index (χ3v) is 4.58. The number of anilines is 3. The van der Waals surface area contributed by atoms with E-state index in [1.165, 1.54) is 12.7 Å². The fraction of sp³-hybridized carbons (Fsp3) is 0.217. The van der Waals surface area contributed by atoms with Gasteiger partial charge < -0.3 is 19.7 Å². The van der Waals surface area contributed by atoms with Crippen molar-refractivity contribution >= 4 is 23.1 Å². The van der Waals surface area contributed by atoms with Crippen LogP contribution >= 0.6 is 0 Å². The fourth-order valence-electron chi connectivity index (χ4n) is 3.10. The van der Waals surface area contributed by atoms with Crippen LogP contribution in [0.25, 0.3) is 0 Å². The number of benzene rings is 2. The molecule has 0 fully saturated rings. The van der Waals surface area contributed by atoms with Crippen LogP contribution in [-0.2, 0) is 0 Å². The highest BCUT2D eigenvalue weighted by Crippen LogP contribution is 2.28. The second kappa shape index (κ2) is 9.10. The molecule has 1 N–H and O–H groups in total. The lowest BCUT2D eigenvalue weighted by Crippen LogP contribution is -2.17. The van der Waals surface area contributed by atoms with E-state index in [1.807, 2.05) is 12.1 Å². The minimum Gasteiger partial charge on any atom is -0.493 e. The predicted molar refractivity (Wildman–Crippen MR) is 116 cm³/mol. The number of nitrogens with zero attached hydrogens (tertiary/aromatic N) is 2. The lowest BCUT2D eigenvalue weighted by molar-refractivity contribution is 0.102. The molecule has 0 bridgehead atoms. The molecule has 0 spiro atoms. The summed E-state index contributed by atoms with van der Waals surface area (Å²) in [5.41, 5.74) is 3.73. The van der Waals surface area contributed by atoms with Gasteiger partial charge in [-0.3, -0.25) is 4.79 Å². The molecule has 3 rings (SSSR count). The van der Waals surface area contributed by atoms with E-state index in [-0.39, 0.29) is 5.91 Å². The molecule has 0 saturated heterocycles. The third kappa shape index (κ3) is 4.66. The molecular weight excluding hydrogens is 366 g/mol. The molecule has 0 aliphatic carbocycles. The first-order valence-electron chi connectivity index (χ1n) is 9.39. The van der Waals surface area contributed by atoms with Gasteiger partial charge in [-0.1, -0.05) is 12.1 Å². The van der Waals surface area contributed by atoms with Gasteiger partial charge >= 0.3 is 0 Å². The Bertz CT molecular complexity index is 987. The molecule has 0 atom stereocenters. The maximum Gasteiger partial charge on any atom is 0.256 e. The molecule has 0 radical (unpaired) electrons. The van der Waals surface area contributed by atoms with E-state index in [0.29, 0.717) is 22.9 Å². The van der Waals surface area contributed by atoms with E-state index < -0.39 is 0 Å². The molecule has 6 heteroatoms. The van der Waals surface area contributed by atoms with Crippen molar-refractivity contribution in [3.05, 3.63) is 71.9 Å². The van der Waals surface area contributed by atoms with Crippen LogP contribution in [0, 0.1) is 6.92 Å². The van der Waals surface area contributed by atoms with Crippen molar-refractivity contribution < 1.29 is 14.3 Å². The van der Waals surface area contributed by atoms with Crippen molar-refractivity contribution in [1.82, 2.24) is 4.98 Å². The van der Waals surface area contributed by atoms with Crippen molar-refractivity contribution in [2.75, 3.05) is 31.0 Å². The minimum atomic E-state index is -0.266. The van der Waals surface area contributed by atoms with Crippen LogP contribution in [0.15, 0.2) is 60.8 Å². The number of aryl methyl sites for hydroxylation is 1. The van der Waals surface area contributed by atoms with E-state index >= 15 is 0 Å². The van der Waals surface area contributed by atoms with Gasteiger partial charge in [0.2, 0.25) is 0 Å². The Hall–Kier alpha value is -3.54. The third-order valence-electron chi connectivity index (χ3n) is 4.58. The lowest BCUT2D eigenvalue weighted by atomic mass is 10.2. The van der Waals surface area contributed by atoms with E-state index in [9.17, 15) is 4.79 Å². The standard InChI is InChI=1S/C23H25N3O3/c1-5-26(18-8-6-7-16(2)13-18)19-10-12-22(24-15-19)25-23(27)17-9-11-20(28-3)21(14-17)29-4/h6-15H,5H2,1-4H3,(H,24,25,27). The number of hydrogen-bond acceptors (Lipinski definition) is 5. The van der Waals surface area contributed by atoms with Gasteiger partial charge in [0, 0.05) is 17.8 Å². The van der Waals surface area contributed by atoms with Crippen LogP contribution in [0.3, 0.4) is 0 Å². The summed E-state index contributed by atoms with van der Waals surface area (Å²) in [6.07, 6.45) is 1.76. The van der Waals surface area contributed by atoms with E-state index in [1.54, 1.807) is 37.6 Å². The highest BCUT2D eigenvalue weighted by Gasteiger charge is 2.13. The molecule has 1 amide bonds. The highest BCUT2D eigenvalue weighted by atomic mass is 16.5. The van der Waals surface area contributed by atoms with E-state index in [0.717, 1.165) is 17.9 Å². The highest BCUT2D eigenvalue weighted by molar-refractivity contribution is 6.04. The van der Waals surface area contributed by atoms with Crippen LogP contribution in [0.5, 0.6) is 11.5 Å². The van der Waals surface area contributed by atoms with Crippen molar-refractivity contribution in [1.29, 1.82) is 0 Å². The smallest absolute Gasteiger partial charge is 0.256 e. The van der Waals surface area contributed by atoms with Gasteiger partial charge in [0.25, 0.3) is 5.91 Å². The molecular formula is C23H25N3O3. The normalized spacial score (nSPS) is 10.3. The molecule has 0 saturated carbocycles. The lowest BCUT2D eigenvalue weighted by Gasteiger charge is -2.23. The van der Waals surface area contributed by atoms with Crippen LogP contribution in [-0.4, -0.2) is 31.7 Å². The zero-order valence-electron chi connectivity index (χ0n) is 17.1. The summed E-state index contributed by atoms with van der Waals surface area (Å²) in [5.74, 6) is 1.29. The number of carbonyl (C=O) groups excluding carboxylic acids is 1. The largest absolute Gasteiger partial charge is 0.493 e. The molecule has 0 aliphatic rings. The summed E-state index contributed by atoms with van der Waals surface area (Å²) in [6, 6.07) is 17.1. The summed E-state index contributed by atoms with van der Waals surface area (Å²) < 4.78 is 10.5. The van der Waals surface area contributed by atoms with Crippen LogP contribution in [0.1, 0.15) is 22.8 Å². The molecule has 29 heavy (non-hydrogen) atoms. The van der Waals surface area contributed by atoms with E-state index in [2.05, 4.69) is 47.2 Å². The Kier molecular flexibility index (Phi) is 6.34. The van der Waals surface area contributed by atoms with Gasteiger partial charge in [-0.25, -0.2) is 4.98 Å².